The second kappa shape index (κ2) is 7.64. The van der Waals surface area contributed by atoms with Crippen molar-refractivity contribution in [2.75, 3.05) is 16.9 Å². The Balaban J connectivity index is 1.60. The number of nitrogens with zero attached hydrogens (tertiary/aromatic N) is 2. The number of amides is 2. The number of rotatable bonds is 3. The van der Waals surface area contributed by atoms with Crippen molar-refractivity contribution in [1.29, 1.82) is 0 Å². The van der Waals surface area contributed by atoms with Gasteiger partial charge in [0.1, 0.15) is 11.7 Å². The molecule has 0 aliphatic carbocycles. The van der Waals surface area contributed by atoms with Gasteiger partial charge in [-0.05, 0) is 42.5 Å². The fourth-order valence-corrected chi connectivity index (χ4v) is 4.54. The highest BCUT2D eigenvalue weighted by Crippen LogP contribution is 2.27. The molecular weight excluding hydrogens is 370 g/mol. The van der Waals surface area contributed by atoms with E-state index in [1.165, 1.54) is 0 Å². The Kier molecular flexibility index (Phi) is 5.05. The topological polar surface area (TPSA) is 62.3 Å². The molecule has 1 aromatic heterocycles. The number of pyridine rings is 1. The number of nitrogens with one attached hydrogen (secondary N) is 1. The number of fused-ring (bicyclic) bond motifs is 1. The molecule has 4 rings (SSSR count). The Labute approximate surface area is 168 Å². The highest BCUT2D eigenvalue weighted by atomic mass is 32.2. The quantitative estimate of drug-likeness (QED) is 0.733. The Morgan fingerprint density at radius 2 is 1.93 bits per heavy atom. The van der Waals surface area contributed by atoms with Crippen LogP contribution in [-0.4, -0.2) is 39.4 Å². The summed E-state index contributed by atoms with van der Waals surface area (Å²) in [6, 6.07) is 14.9. The molecular formula is C22H21N3O2S. The zero-order chi connectivity index (χ0) is 19.7. The van der Waals surface area contributed by atoms with Gasteiger partial charge >= 0.3 is 0 Å². The summed E-state index contributed by atoms with van der Waals surface area (Å²) >= 11 is 1.58. The minimum Gasteiger partial charge on any atom is -0.324 e. The molecule has 5 nitrogen and oxygen atoms in total. The zero-order valence-electron chi connectivity index (χ0n) is 15.8. The zero-order valence-corrected chi connectivity index (χ0v) is 16.6. The summed E-state index contributed by atoms with van der Waals surface area (Å²) < 4.78 is 0. The Morgan fingerprint density at radius 3 is 2.79 bits per heavy atom. The summed E-state index contributed by atoms with van der Waals surface area (Å²) in [5.41, 5.74) is 3.34. The number of thioether (sulfide) groups is 1. The number of benzene rings is 2. The number of aryl methyl sites for hydroxylation is 1. The lowest BCUT2D eigenvalue weighted by atomic mass is 10.1. The maximum atomic E-state index is 13.2. The van der Waals surface area contributed by atoms with E-state index >= 15 is 0 Å². The normalized spacial score (nSPS) is 16.4. The van der Waals surface area contributed by atoms with E-state index in [1.54, 1.807) is 22.9 Å². The van der Waals surface area contributed by atoms with Gasteiger partial charge in [-0.2, -0.15) is 0 Å². The predicted octanol–water partition coefficient (Wildman–Crippen LogP) is 4.01. The van der Waals surface area contributed by atoms with Crippen molar-refractivity contribution in [3.63, 3.8) is 0 Å². The third-order valence-corrected chi connectivity index (χ3v) is 6.20. The van der Waals surface area contributed by atoms with Crippen LogP contribution in [0.1, 0.15) is 21.6 Å². The van der Waals surface area contributed by atoms with Crippen LogP contribution in [0.4, 0.5) is 5.69 Å². The van der Waals surface area contributed by atoms with E-state index < -0.39 is 6.04 Å². The van der Waals surface area contributed by atoms with Crippen molar-refractivity contribution in [3.8, 4) is 0 Å². The van der Waals surface area contributed by atoms with Gasteiger partial charge in [-0.1, -0.05) is 36.4 Å². The van der Waals surface area contributed by atoms with Crippen molar-refractivity contribution in [2.24, 2.45) is 0 Å². The molecule has 1 fully saturated rings. The first kappa shape index (κ1) is 18.5. The lowest BCUT2D eigenvalue weighted by Gasteiger charge is -2.23. The number of carbonyl (C=O) groups excluding carboxylic acids is 2. The van der Waals surface area contributed by atoms with Gasteiger partial charge in [0.05, 0.1) is 5.88 Å². The minimum atomic E-state index is -0.516. The lowest BCUT2D eigenvalue weighted by molar-refractivity contribution is -0.119. The standard InChI is InChI=1S/C22H21N3O2S/c1-14-6-5-9-18(15(14)2)24-21(26)19-12-28-13-25(19)22(27)20-17-8-4-3-7-16(17)10-11-23-20/h3-11,19H,12-13H2,1-2H3,(H,24,26)/t19-/m0/s1. The van der Waals surface area contributed by atoms with Gasteiger partial charge in [0, 0.05) is 23.0 Å². The second-order valence-corrected chi connectivity index (χ2v) is 7.91. The van der Waals surface area contributed by atoms with E-state index in [0.29, 0.717) is 17.3 Å². The molecule has 2 aromatic carbocycles. The minimum absolute atomic E-state index is 0.160. The molecule has 0 saturated carbocycles. The summed E-state index contributed by atoms with van der Waals surface area (Å²) in [5.74, 6) is 0.692. The second-order valence-electron chi connectivity index (χ2n) is 6.91. The van der Waals surface area contributed by atoms with Gasteiger partial charge in [0.15, 0.2) is 0 Å². The lowest BCUT2D eigenvalue weighted by Crippen LogP contribution is -2.44. The summed E-state index contributed by atoms with van der Waals surface area (Å²) in [4.78, 5) is 32.1. The van der Waals surface area contributed by atoms with Gasteiger partial charge in [-0.25, -0.2) is 0 Å². The molecule has 1 aliphatic heterocycles. The van der Waals surface area contributed by atoms with E-state index in [1.807, 2.05) is 62.4 Å². The van der Waals surface area contributed by atoms with E-state index in [4.69, 9.17) is 0 Å². The van der Waals surface area contributed by atoms with Crippen molar-refractivity contribution in [3.05, 3.63) is 71.5 Å². The summed E-state index contributed by atoms with van der Waals surface area (Å²) in [6.45, 7) is 4.00. The van der Waals surface area contributed by atoms with Gasteiger partial charge in [-0.15, -0.1) is 11.8 Å². The van der Waals surface area contributed by atoms with Crippen LogP contribution < -0.4 is 5.32 Å². The monoisotopic (exact) mass is 391 g/mol. The van der Waals surface area contributed by atoms with Crippen LogP contribution >= 0.6 is 11.8 Å². The maximum absolute atomic E-state index is 13.2. The van der Waals surface area contributed by atoms with Crippen LogP contribution in [0.2, 0.25) is 0 Å². The molecule has 1 aliphatic rings. The fourth-order valence-electron chi connectivity index (χ4n) is 3.39. The number of anilines is 1. The van der Waals surface area contributed by atoms with Crippen LogP contribution in [0.5, 0.6) is 0 Å². The van der Waals surface area contributed by atoms with Gasteiger partial charge in [0.2, 0.25) is 5.91 Å². The fraction of sp³-hybridized carbons (Fsp3) is 0.227. The first-order valence-electron chi connectivity index (χ1n) is 9.16. The molecule has 6 heteroatoms. The molecule has 2 heterocycles. The summed E-state index contributed by atoms with van der Waals surface area (Å²) in [5, 5.41) is 4.77. The molecule has 1 saturated heterocycles. The highest BCUT2D eigenvalue weighted by Gasteiger charge is 2.36. The third-order valence-electron chi connectivity index (χ3n) is 5.18. The van der Waals surface area contributed by atoms with E-state index in [-0.39, 0.29) is 11.8 Å². The van der Waals surface area contributed by atoms with E-state index in [0.717, 1.165) is 27.6 Å². The van der Waals surface area contributed by atoms with Gasteiger partial charge in [0.25, 0.3) is 5.91 Å². The average Bonchev–Trinajstić information content (AvgIpc) is 3.20. The molecule has 0 bridgehead atoms. The van der Waals surface area contributed by atoms with Crippen molar-refractivity contribution in [2.45, 2.75) is 19.9 Å². The molecule has 1 N–H and O–H groups in total. The van der Waals surface area contributed by atoms with Crippen LogP contribution in [0, 0.1) is 13.8 Å². The van der Waals surface area contributed by atoms with Crippen molar-refractivity contribution < 1.29 is 9.59 Å². The Bertz CT molecular complexity index is 1060. The van der Waals surface area contributed by atoms with E-state index in [9.17, 15) is 9.59 Å². The Hall–Kier alpha value is -2.86. The van der Waals surface area contributed by atoms with Gasteiger partial charge in [-0.3, -0.25) is 14.6 Å². The average molecular weight is 391 g/mol. The van der Waals surface area contributed by atoms with Crippen LogP contribution in [0.15, 0.2) is 54.7 Å². The number of hydrogen-bond acceptors (Lipinski definition) is 4. The van der Waals surface area contributed by atoms with Crippen molar-refractivity contribution in [1.82, 2.24) is 9.88 Å². The number of carbonyl (C=O) groups is 2. The molecule has 3 aromatic rings. The predicted molar refractivity (Wildman–Crippen MR) is 114 cm³/mol. The summed E-state index contributed by atoms with van der Waals surface area (Å²) in [7, 11) is 0. The first-order chi connectivity index (χ1) is 13.6. The smallest absolute Gasteiger partial charge is 0.274 e. The molecule has 142 valence electrons. The van der Waals surface area contributed by atoms with E-state index in [2.05, 4.69) is 10.3 Å². The molecule has 0 radical (unpaired) electrons. The van der Waals surface area contributed by atoms with Crippen LogP contribution in [0.3, 0.4) is 0 Å². The molecule has 1 atom stereocenters. The summed E-state index contributed by atoms with van der Waals surface area (Å²) in [6.07, 6.45) is 1.64. The number of hydrogen-bond donors (Lipinski definition) is 1. The largest absolute Gasteiger partial charge is 0.324 e. The van der Waals surface area contributed by atoms with Gasteiger partial charge < -0.3 is 10.2 Å². The molecule has 2 amide bonds. The van der Waals surface area contributed by atoms with Crippen LogP contribution in [0.25, 0.3) is 10.8 Å². The number of aromatic nitrogens is 1. The van der Waals surface area contributed by atoms with Crippen molar-refractivity contribution >= 4 is 40.0 Å². The SMILES string of the molecule is Cc1cccc(NC(=O)[C@@H]2CSCN2C(=O)c2nccc3ccccc23)c1C. The Morgan fingerprint density at radius 1 is 1.11 bits per heavy atom. The highest BCUT2D eigenvalue weighted by molar-refractivity contribution is 7.99. The first-order valence-corrected chi connectivity index (χ1v) is 10.3. The molecule has 0 spiro atoms. The van der Waals surface area contributed by atoms with Crippen LogP contribution in [-0.2, 0) is 4.79 Å². The maximum Gasteiger partial charge on any atom is 0.274 e. The third kappa shape index (κ3) is 3.36. The molecule has 28 heavy (non-hydrogen) atoms. The molecule has 0 unspecified atom stereocenters.